The van der Waals surface area contributed by atoms with Crippen LogP contribution in [-0.2, 0) is 40.3 Å². The van der Waals surface area contributed by atoms with Crippen LogP contribution in [0.5, 0.6) is 5.75 Å². The van der Waals surface area contributed by atoms with Crippen LogP contribution in [0.3, 0.4) is 0 Å². The summed E-state index contributed by atoms with van der Waals surface area (Å²) in [5.41, 5.74) is 11.0. The number of thiazole rings is 1. The number of aliphatic carboxylic acids is 1. The van der Waals surface area contributed by atoms with E-state index in [0.717, 1.165) is 48.3 Å². The minimum atomic E-state index is -4.99. The predicted octanol–water partition coefficient (Wildman–Crippen LogP) is 2.31. The van der Waals surface area contributed by atoms with E-state index in [1.807, 2.05) is 12.1 Å². The number of carboxylic acid groups (broad SMARTS) is 1. The second-order valence-corrected chi connectivity index (χ2v) is 14.8. The van der Waals surface area contributed by atoms with Crippen molar-refractivity contribution in [3.63, 3.8) is 0 Å². The van der Waals surface area contributed by atoms with Crippen LogP contribution in [0.15, 0.2) is 40.5 Å². The number of aromatic nitrogens is 1. The number of rotatable bonds is 14. The smallest absolute Gasteiger partial charge is 0.418 e. The monoisotopic (exact) mass is 720 g/mol. The van der Waals surface area contributed by atoms with E-state index in [2.05, 4.69) is 31.9 Å². The Bertz CT molecular complexity index is 1790. The number of allylic oxidation sites excluding steroid dienone is 2. The van der Waals surface area contributed by atoms with Crippen molar-refractivity contribution in [1.29, 1.82) is 0 Å². The number of hydrogen-bond donors (Lipinski definition) is 5. The van der Waals surface area contributed by atoms with Crippen LogP contribution in [-0.4, -0.2) is 81.8 Å². The average Bonchev–Trinajstić information content (AvgIpc) is 3.49. The maximum atomic E-state index is 13.6. The number of nitrogens with zero attached hydrogens (tertiary/aromatic N) is 3. The highest BCUT2D eigenvalue weighted by Gasteiger charge is 2.58. The lowest BCUT2D eigenvalue weighted by Crippen LogP contribution is -2.68. The van der Waals surface area contributed by atoms with Crippen molar-refractivity contribution in [3.05, 3.63) is 52.2 Å². The Hall–Kier alpha value is -4.10. The minimum Gasteiger partial charge on any atom is -0.485 e. The number of anilines is 1. The number of ketones is 1. The van der Waals surface area contributed by atoms with E-state index in [1.165, 1.54) is 31.8 Å². The Morgan fingerprint density at radius 2 is 2.08 bits per heavy atom. The van der Waals surface area contributed by atoms with Gasteiger partial charge in [-0.15, -0.1) is 15.6 Å². The quantitative estimate of drug-likeness (QED) is 0.0814. The highest BCUT2D eigenvalue weighted by molar-refractivity contribution is 7.80. The summed E-state index contributed by atoms with van der Waals surface area (Å²) in [5, 5.41) is 19.8. The van der Waals surface area contributed by atoms with Gasteiger partial charge in [0.2, 0.25) is 0 Å². The SMILES string of the molecule is CC1(C)[C@H](CC(=O)/C(=N\O[C@](C)(C(=O)O)[C@H]2CCc3cc(C4CC=C(CCCN)NC4)ccc3O2)c2csc(N)n2)C(=O)N1OS(=O)(=O)O. The third-order valence-electron chi connectivity index (χ3n) is 9.20. The van der Waals surface area contributed by atoms with Gasteiger partial charge in [-0.25, -0.2) is 9.78 Å². The number of hydroxylamine groups is 2. The molecule has 7 N–H and O–H groups in total. The molecule has 0 bridgehead atoms. The standard InChI is InChI=1S/C31H40N6O10S2/c1-30(2)21(27(39)37(30)47-49(42,43)44)14-23(38)26(22-16-48-29(33)35-22)36-46-31(3,28(40)41)25-11-8-18-13-17(7-10-24(18)45-25)19-6-9-20(34-15-19)5-4-12-32/h7,9-10,13,16,19,21,25,34H,4-6,8,11-12,14-15,32H2,1-3H3,(H2,33,35)(H,40,41)(H,42,43,44)/b36-26-/t19?,21-,25-,31+/m1/s1. The molecular weight excluding hydrogens is 681 g/mol. The number of amides is 1. The topological polar surface area (TPSA) is 246 Å². The third-order valence-corrected chi connectivity index (χ3v) is 10.2. The molecule has 266 valence electrons. The van der Waals surface area contributed by atoms with Gasteiger partial charge >= 0.3 is 16.4 Å². The van der Waals surface area contributed by atoms with Crippen LogP contribution in [0.1, 0.15) is 75.6 Å². The molecule has 4 atom stereocenters. The fraction of sp³-hybridized carbons (Fsp3) is 0.516. The van der Waals surface area contributed by atoms with Crippen LogP contribution in [0.2, 0.25) is 0 Å². The minimum absolute atomic E-state index is 0.00292. The number of fused-ring (bicyclic) bond motifs is 1. The van der Waals surface area contributed by atoms with Gasteiger partial charge in [0.15, 0.2) is 22.7 Å². The first-order valence-corrected chi connectivity index (χ1v) is 18.0. The Labute approximate surface area is 287 Å². The highest BCUT2D eigenvalue weighted by Crippen LogP contribution is 2.41. The van der Waals surface area contributed by atoms with E-state index < -0.39 is 57.6 Å². The Kier molecular flexibility index (Phi) is 10.4. The van der Waals surface area contributed by atoms with Gasteiger partial charge in [0, 0.05) is 30.0 Å². The molecule has 49 heavy (non-hydrogen) atoms. The molecule has 0 saturated carbocycles. The van der Waals surface area contributed by atoms with Crippen LogP contribution in [0, 0.1) is 5.92 Å². The number of nitrogens with two attached hydrogens (primary N) is 2. The molecule has 1 amide bonds. The number of nitrogens with one attached hydrogen (secondary N) is 1. The zero-order valence-electron chi connectivity index (χ0n) is 27.2. The molecule has 0 spiro atoms. The maximum Gasteiger partial charge on any atom is 0.418 e. The van der Waals surface area contributed by atoms with Crippen molar-refractivity contribution in [3.8, 4) is 5.75 Å². The number of nitrogen functional groups attached to an aromatic ring is 1. The summed E-state index contributed by atoms with van der Waals surface area (Å²) in [7, 11) is -4.99. The van der Waals surface area contributed by atoms with Gasteiger partial charge in [-0.1, -0.05) is 23.4 Å². The van der Waals surface area contributed by atoms with Crippen molar-refractivity contribution in [2.75, 3.05) is 18.8 Å². The number of hydrogen-bond acceptors (Lipinski definition) is 14. The summed E-state index contributed by atoms with van der Waals surface area (Å²) in [5.74, 6) is -3.28. The molecule has 0 aliphatic carbocycles. The van der Waals surface area contributed by atoms with E-state index in [1.54, 1.807) is 0 Å². The first-order valence-electron chi connectivity index (χ1n) is 15.7. The zero-order chi connectivity index (χ0) is 35.7. The van der Waals surface area contributed by atoms with E-state index in [4.69, 9.17) is 25.6 Å². The van der Waals surface area contributed by atoms with Gasteiger partial charge in [-0.2, -0.15) is 13.5 Å². The van der Waals surface area contributed by atoms with Crippen LogP contribution in [0.4, 0.5) is 5.13 Å². The molecule has 1 saturated heterocycles. The van der Waals surface area contributed by atoms with Crippen LogP contribution in [0.25, 0.3) is 0 Å². The van der Waals surface area contributed by atoms with Crippen LogP contribution >= 0.6 is 11.3 Å². The molecule has 1 fully saturated rings. The fourth-order valence-electron chi connectivity index (χ4n) is 6.14. The number of carbonyl (C=O) groups is 3. The van der Waals surface area contributed by atoms with Gasteiger partial charge < -0.3 is 31.5 Å². The van der Waals surface area contributed by atoms with E-state index in [0.29, 0.717) is 23.8 Å². The number of aryl methyl sites for hydroxylation is 1. The van der Waals surface area contributed by atoms with Crippen molar-refractivity contribution >= 4 is 50.2 Å². The molecule has 18 heteroatoms. The molecule has 3 aliphatic heterocycles. The number of carboxylic acids is 1. The largest absolute Gasteiger partial charge is 0.485 e. The Morgan fingerprint density at radius 1 is 1.33 bits per heavy atom. The summed E-state index contributed by atoms with van der Waals surface area (Å²) in [6.45, 7) is 5.63. The maximum absolute atomic E-state index is 13.6. The van der Waals surface area contributed by atoms with Gasteiger partial charge in [0.05, 0.1) is 11.5 Å². The summed E-state index contributed by atoms with van der Waals surface area (Å²) in [4.78, 5) is 48.7. The second kappa shape index (κ2) is 14.0. The lowest BCUT2D eigenvalue weighted by Gasteiger charge is -2.50. The average molecular weight is 721 g/mol. The molecule has 1 aromatic carbocycles. The molecule has 0 radical (unpaired) electrons. The van der Waals surface area contributed by atoms with Crippen molar-refractivity contribution in [2.45, 2.75) is 82.5 Å². The third kappa shape index (κ3) is 7.72. The zero-order valence-corrected chi connectivity index (χ0v) is 28.9. The normalized spacial score (nSPS) is 23.2. The molecule has 1 unspecified atom stereocenters. The first-order chi connectivity index (χ1) is 23.0. The van der Waals surface area contributed by atoms with Crippen molar-refractivity contribution < 1.29 is 46.3 Å². The Morgan fingerprint density at radius 3 is 2.67 bits per heavy atom. The van der Waals surface area contributed by atoms with Gasteiger partial charge in [0.1, 0.15) is 11.4 Å². The fourth-order valence-corrected chi connectivity index (χ4v) is 7.15. The molecule has 4 heterocycles. The summed E-state index contributed by atoms with van der Waals surface area (Å²) in [6.07, 6.45) is 4.27. The lowest BCUT2D eigenvalue weighted by molar-refractivity contribution is -0.228. The molecule has 16 nitrogen and oxygen atoms in total. The number of Topliss-reactive ketones (excluding diaryl/α,β-unsaturated/α-hetero) is 1. The molecule has 3 aliphatic rings. The second-order valence-electron chi connectivity index (χ2n) is 12.9. The number of ether oxygens (including phenoxy) is 1. The van der Waals surface area contributed by atoms with Gasteiger partial charge in [0.25, 0.3) is 11.5 Å². The molecule has 1 aromatic heterocycles. The lowest BCUT2D eigenvalue weighted by atomic mass is 9.74. The van der Waals surface area contributed by atoms with Crippen molar-refractivity contribution in [1.82, 2.24) is 15.4 Å². The van der Waals surface area contributed by atoms with E-state index in [9.17, 15) is 27.9 Å². The number of oxime groups is 1. The number of benzene rings is 1. The first kappa shape index (κ1) is 36.2. The highest BCUT2D eigenvalue weighted by atomic mass is 32.3. The summed E-state index contributed by atoms with van der Waals surface area (Å²) < 4.78 is 42.0. The molecular formula is C31H40N6O10S2. The molecule has 2 aromatic rings. The van der Waals surface area contributed by atoms with Gasteiger partial charge in [-0.05, 0) is 76.6 Å². The predicted molar refractivity (Wildman–Crippen MR) is 178 cm³/mol. The summed E-state index contributed by atoms with van der Waals surface area (Å²) in [6, 6.07) is 5.89. The van der Waals surface area contributed by atoms with Crippen molar-refractivity contribution in [2.24, 2.45) is 16.8 Å². The number of β-lactam (4-membered cyclic amide) rings is 1. The number of carbonyl (C=O) groups excluding carboxylic acids is 2. The Balaban J connectivity index is 1.32. The van der Waals surface area contributed by atoms with E-state index >= 15 is 0 Å². The van der Waals surface area contributed by atoms with E-state index in [-0.39, 0.29) is 28.9 Å². The van der Waals surface area contributed by atoms with Gasteiger partial charge in [-0.3, -0.25) is 14.1 Å². The summed E-state index contributed by atoms with van der Waals surface area (Å²) >= 11 is 1.01. The van der Waals surface area contributed by atoms with Crippen LogP contribution < -0.4 is 21.5 Å². The molecule has 5 rings (SSSR count).